The SMILES string of the molecule is O=[N+]([O-])c1cccc(F)c1-n1cc(CCBr)nn1. The fourth-order valence-electron chi connectivity index (χ4n) is 1.50. The van der Waals surface area contributed by atoms with Crippen LogP contribution in [0.25, 0.3) is 5.69 Å². The van der Waals surface area contributed by atoms with Gasteiger partial charge in [0.05, 0.1) is 16.8 Å². The van der Waals surface area contributed by atoms with Crippen LogP contribution in [0.15, 0.2) is 24.4 Å². The lowest BCUT2D eigenvalue weighted by atomic mass is 10.2. The summed E-state index contributed by atoms with van der Waals surface area (Å²) in [5, 5.41) is 19.1. The molecule has 0 saturated carbocycles. The van der Waals surface area contributed by atoms with Crippen LogP contribution >= 0.6 is 15.9 Å². The Kier molecular flexibility index (Phi) is 3.66. The molecule has 6 nitrogen and oxygen atoms in total. The number of benzene rings is 1. The third kappa shape index (κ3) is 2.37. The molecule has 0 N–H and O–H groups in total. The number of rotatable bonds is 4. The van der Waals surface area contributed by atoms with Gasteiger partial charge in [0.1, 0.15) is 0 Å². The number of halogens is 2. The Labute approximate surface area is 110 Å². The average molecular weight is 315 g/mol. The Morgan fingerprint density at radius 2 is 2.28 bits per heavy atom. The normalized spacial score (nSPS) is 10.6. The fraction of sp³-hybridized carbons (Fsp3) is 0.200. The second-order valence-corrected chi connectivity index (χ2v) is 4.25. The van der Waals surface area contributed by atoms with Crippen molar-refractivity contribution in [2.24, 2.45) is 0 Å². The maximum atomic E-state index is 13.7. The van der Waals surface area contributed by atoms with E-state index in [2.05, 4.69) is 26.2 Å². The van der Waals surface area contributed by atoms with Crippen molar-refractivity contribution in [1.82, 2.24) is 15.0 Å². The molecule has 0 bridgehead atoms. The number of aryl methyl sites for hydroxylation is 1. The van der Waals surface area contributed by atoms with Crippen LogP contribution in [0.2, 0.25) is 0 Å². The Hall–Kier alpha value is -1.83. The summed E-state index contributed by atoms with van der Waals surface area (Å²) in [6.07, 6.45) is 2.09. The first-order chi connectivity index (χ1) is 8.63. The van der Waals surface area contributed by atoms with Crippen LogP contribution < -0.4 is 0 Å². The van der Waals surface area contributed by atoms with Gasteiger partial charge in [0.15, 0.2) is 11.5 Å². The monoisotopic (exact) mass is 314 g/mol. The van der Waals surface area contributed by atoms with E-state index in [0.717, 1.165) is 10.7 Å². The van der Waals surface area contributed by atoms with Crippen molar-refractivity contribution in [2.75, 3.05) is 5.33 Å². The van der Waals surface area contributed by atoms with Crippen LogP contribution in [0.4, 0.5) is 10.1 Å². The van der Waals surface area contributed by atoms with E-state index >= 15 is 0 Å². The van der Waals surface area contributed by atoms with E-state index in [4.69, 9.17) is 0 Å². The molecule has 0 fully saturated rings. The lowest BCUT2D eigenvalue weighted by molar-refractivity contribution is -0.384. The van der Waals surface area contributed by atoms with Crippen LogP contribution in [0.5, 0.6) is 0 Å². The van der Waals surface area contributed by atoms with Gasteiger partial charge in [0.2, 0.25) is 0 Å². The molecule has 94 valence electrons. The molecule has 0 aliphatic heterocycles. The number of hydrogen-bond acceptors (Lipinski definition) is 4. The van der Waals surface area contributed by atoms with Crippen LogP contribution in [-0.4, -0.2) is 25.2 Å². The third-order valence-electron chi connectivity index (χ3n) is 2.28. The summed E-state index contributed by atoms with van der Waals surface area (Å²) >= 11 is 3.24. The van der Waals surface area contributed by atoms with Gasteiger partial charge in [-0.2, -0.15) is 0 Å². The van der Waals surface area contributed by atoms with E-state index in [-0.39, 0.29) is 11.4 Å². The Bertz CT molecular complexity index is 587. The molecule has 1 aromatic heterocycles. The highest BCUT2D eigenvalue weighted by molar-refractivity contribution is 9.09. The molecular weight excluding hydrogens is 307 g/mol. The minimum atomic E-state index is -0.709. The van der Waals surface area contributed by atoms with Crippen molar-refractivity contribution in [3.63, 3.8) is 0 Å². The molecule has 1 aromatic carbocycles. The Morgan fingerprint density at radius 3 is 2.94 bits per heavy atom. The van der Waals surface area contributed by atoms with E-state index in [1.54, 1.807) is 0 Å². The van der Waals surface area contributed by atoms with Crippen LogP contribution in [0.1, 0.15) is 5.69 Å². The number of para-hydroxylation sites is 1. The van der Waals surface area contributed by atoms with Crippen molar-refractivity contribution in [3.8, 4) is 5.69 Å². The zero-order valence-corrected chi connectivity index (χ0v) is 10.7. The number of hydrogen-bond donors (Lipinski definition) is 0. The van der Waals surface area contributed by atoms with Gasteiger partial charge in [-0.15, -0.1) is 5.10 Å². The maximum Gasteiger partial charge on any atom is 0.297 e. The topological polar surface area (TPSA) is 73.8 Å². The van der Waals surface area contributed by atoms with Crippen LogP contribution in [0.3, 0.4) is 0 Å². The highest BCUT2D eigenvalue weighted by Gasteiger charge is 2.20. The van der Waals surface area contributed by atoms with Gasteiger partial charge in [0, 0.05) is 17.8 Å². The van der Waals surface area contributed by atoms with E-state index in [1.165, 1.54) is 18.3 Å². The second-order valence-electron chi connectivity index (χ2n) is 3.46. The van der Waals surface area contributed by atoms with Gasteiger partial charge >= 0.3 is 0 Å². The number of nitro groups is 1. The second kappa shape index (κ2) is 5.21. The molecule has 18 heavy (non-hydrogen) atoms. The van der Waals surface area contributed by atoms with Crippen LogP contribution in [0, 0.1) is 15.9 Å². The summed E-state index contributed by atoms with van der Waals surface area (Å²) in [5.74, 6) is -0.709. The van der Waals surface area contributed by atoms with Crippen molar-refractivity contribution in [2.45, 2.75) is 6.42 Å². The first kappa shape index (κ1) is 12.6. The van der Waals surface area contributed by atoms with E-state index in [1.807, 2.05) is 0 Å². The first-order valence-corrected chi connectivity index (χ1v) is 6.16. The van der Waals surface area contributed by atoms with Gasteiger partial charge in [-0.05, 0) is 6.07 Å². The molecule has 0 amide bonds. The smallest absolute Gasteiger partial charge is 0.258 e. The molecule has 2 rings (SSSR count). The summed E-state index contributed by atoms with van der Waals surface area (Å²) in [6.45, 7) is 0. The summed E-state index contributed by atoms with van der Waals surface area (Å²) in [4.78, 5) is 10.2. The zero-order chi connectivity index (χ0) is 13.1. The first-order valence-electron chi connectivity index (χ1n) is 5.04. The molecular formula is C10H8BrFN4O2. The summed E-state index contributed by atoms with van der Waals surface area (Å²) in [6, 6.07) is 3.66. The average Bonchev–Trinajstić information content (AvgIpc) is 2.77. The highest BCUT2D eigenvalue weighted by atomic mass is 79.9. The van der Waals surface area contributed by atoms with Crippen molar-refractivity contribution < 1.29 is 9.31 Å². The van der Waals surface area contributed by atoms with Gasteiger partial charge in [-0.25, -0.2) is 9.07 Å². The number of alkyl halides is 1. The fourth-order valence-corrected chi connectivity index (χ4v) is 1.90. The maximum absolute atomic E-state index is 13.7. The molecule has 8 heteroatoms. The molecule has 2 aromatic rings. The summed E-state index contributed by atoms with van der Waals surface area (Å²) < 4.78 is 14.8. The molecule has 0 saturated heterocycles. The van der Waals surface area contributed by atoms with Gasteiger partial charge < -0.3 is 0 Å². The number of nitro benzene ring substituents is 1. The Balaban J connectivity index is 2.51. The van der Waals surface area contributed by atoms with E-state index < -0.39 is 10.7 Å². The van der Waals surface area contributed by atoms with Crippen molar-refractivity contribution >= 4 is 21.6 Å². The standard InChI is InChI=1S/C10H8BrFN4O2/c11-5-4-7-6-15(14-13-7)10-8(12)2-1-3-9(10)16(17)18/h1-3,6H,4-5H2. The highest BCUT2D eigenvalue weighted by Crippen LogP contribution is 2.24. The summed E-state index contributed by atoms with van der Waals surface area (Å²) in [5.41, 5.74) is 0.0885. The molecule has 1 heterocycles. The predicted octanol–water partition coefficient (Wildman–Crippen LogP) is 2.25. The lowest BCUT2D eigenvalue weighted by Gasteiger charge is -2.02. The Morgan fingerprint density at radius 1 is 1.50 bits per heavy atom. The minimum absolute atomic E-state index is 0.198. The number of nitrogens with zero attached hydrogens (tertiary/aromatic N) is 4. The molecule has 0 aliphatic carbocycles. The van der Waals surface area contributed by atoms with Crippen molar-refractivity contribution in [3.05, 3.63) is 46.0 Å². The molecule has 0 unspecified atom stereocenters. The summed E-state index contributed by atoms with van der Waals surface area (Å²) in [7, 11) is 0. The lowest BCUT2D eigenvalue weighted by Crippen LogP contribution is -2.03. The zero-order valence-electron chi connectivity index (χ0n) is 9.08. The quantitative estimate of drug-likeness (QED) is 0.493. The molecule has 0 radical (unpaired) electrons. The largest absolute Gasteiger partial charge is 0.297 e. The number of aromatic nitrogens is 3. The molecule has 0 spiro atoms. The predicted molar refractivity (Wildman–Crippen MR) is 65.5 cm³/mol. The van der Waals surface area contributed by atoms with Crippen LogP contribution in [-0.2, 0) is 6.42 Å². The molecule has 0 atom stereocenters. The van der Waals surface area contributed by atoms with E-state index in [0.29, 0.717) is 17.4 Å². The van der Waals surface area contributed by atoms with Gasteiger partial charge in [-0.1, -0.05) is 27.2 Å². The van der Waals surface area contributed by atoms with E-state index in [9.17, 15) is 14.5 Å². The van der Waals surface area contributed by atoms with Gasteiger partial charge in [0.25, 0.3) is 5.69 Å². The van der Waals surface area contributed by atoms with Crippen molar-refractivity contribution in [1.29, 1.82) is 0 Å². The molecule has 0 aliphatic rings. The third-order valence-corrected chi connectivity index (χ3v) is 2.68. The van der Waals surface area contributed by atoms with Gasteiger partial charge in [-0.3, -0.25) is 10.1 Å². The minimum Gasteiger partial charge on any atom is -0.258 e.